The second-order valence-corrected chi connectivity index (χ2v) is 2.47. The average molecular weight is 182 g/mol. The van der Waals surface area contributed by atoms with Gasteiger partial charge in [0.05, 0.1) is 6.61 Å². The molecule has 70 valence electrons. The lowest BCUT2D eigenvalue weighted by molar-refractivity contribution is -0.156. The van der Waals surface area contributed by atoms with Gasteiger partial charge in [-0.25, -0.2) is 0 Å². The van der Waals surface area contributed by atoms with Gasteiger partial charge in [-0.3, -0.25) is 4.79 Å². The zero-order valence-electron chi connectivity index (χ0n) is 6.94. The van der Waals surface area contributed by atoms with E-state index in [-0.39, 0.29) is 6.61 Å². The van der Waals surface area contributed by atoms with E-state index in [9.17, 15) is 18.0 Å². The van der Waals surface area contributed by atoms with Gasteiger partial charge in [0.2, 0.25) is 0 Å². The Labute approximate surface area is 69.5 Å². The first-order valence-corrected chi connectivity index (χ1v) is 3.60. The largest absolute Gasteiger partial charge is 0.466 e. The molecule has 0 aliphatic heterocycles. The van der Waals surface area contributed by atoms with E-state index in [0.717, 1.165) is 0 Å². The summed E-state index contributed by atoms with van der Waals surface area (Å²) >= 11 is 0. The van der Waals surface area contributed by atoms with Gasteiger partial charge in [0.15, 0.2) is 0 Å². The lowest BCUT2D eigenvalue weighted by atomic mass is 9.84. The molecule has 0 aliphatic rings. The zero-order valence-corrected chi connectivity index (χ0v) is 6.94. The fourth-order valence-corrected chi connectivity index (χ4v) is 0.715. The molecule has 0 saturated carbocycles. The van der Waals surface area contributed by atoms with Crippen molar-refractivity contribution in [3.63, 3.8) is 0 Å². The van der Waals surface area contributed by atoms with Crippen LogP contribution in [0.1, 0.15) is 13.3 Å². The van der Waals surface area contributed by atoms with E-state index in [0.29, 0.717) is 0 Å². The Morgan fingerprint density at radius 2 is 2.08 bits per heavy atom. The second kappa shape index (κ2) is 4.38. The molecule has 0 radical (unpaired) electrons. The van der Waals surface area contributed by atoms with Crippen molar-refractivity contribution in [3.05, 3.63) is 0 Å². The van der Waals surface area contributed by atoms with E-state index in [2.05, 4.69) is 4.74 Å². The Bertz CT molecular complexity index is 157. The first-order valence-electron chi connectivity index (χ1n) is 3.60. The van der Waals surface area contributed by atoms with E-state index in [1.165, 1.54) is 7.85 Å². The highest BCUT2D eigenvalue weighted by Gasteiger charge is 2.33. The van der Waals surface area contributed by atoms with Crippen LogP contribution in [-0.2, 0) is 9.53 Å². The van der Waals surface area contributed by atoms with E-state index in [1.54, 1.807) is 6.92 Å². The Morgan fingerprint density at radius 1 is 1.58 bits per heavy atom. The molecule has 0 fully saturated rings. The van der Waals surface area contributed by atoms with Crippen LogP contribution >= 0.6 is 0 Å². The molecule has 0 bridgehead atoms. The molecule has 2 nitrogen and oxygen atoms in total. The Balaban J connectivity index is 3.87. The minimum atomic E-state index is -4.30. The number of halogens is 3. The van der Waals surface area contributed by atoms with E-state index in [4.69, 9.17) is 0 Å². The van der Waals surface area contributed by atoms with Crippen LogP contribution in [0.2, 0.25) is 5.82 Å². The topological polar surface area (TPSA) is 26.3 Å². The third kappa shape index (κ3) is 5.04. The van der Waals surface area contributed by atoms with Gasteiger partial charge < -0.3 is 4.74 Å². The van der Waals surface area contributed by atoms with Crippen molar-refractivity contribution >= 4 is 13.8 Å². The molecule has 0 aromatic heterocycles. The van der Waals surface area contributed by atoms with Crippen LogP contribution in [0.25, 0.3) is 0 Å². The van der Waals surface area contributed by atoms with Gasteiger partial charge in [0.25, 0.3) is 0 Å². The molecule has 0 saturated heterocycles. The fourth-order valence-electron chi connectivity index (χ4n) is 0.715. The van der Waals surface area contributed by atoms with Crippen molar-refractivity contribution in [3.8, 4) is 0 Å². The molecule has 1 atom stereocenters. The zero-order chi connectivity index (χ0) is 9.78. The van der Waals surface area contributed by atoms with Crippen molar-refractivity contribution < 1.29 is 22.7 Å². The molecule has 6 heteroatoms. The molecule has 0 N–H and O–H groups in total. The van der Waals surface area contributed by atoms with Crippen LogP contribution in [0.3, 0.4) is 0 Å². The Morgan fingerprint density at radius 3 is 2.42 bits per heavy atom. The van der Waals surface area contributed by atoms with Gasteiger partial charge >= 0.3 is 12.1 Å². The molecule has 0 spiro atoms. The minimum absolute atomic E-state index is 0.112. The minimum Gasteiger partial charge on any atom is -0.466 e. The van der Waals surface area contributed by atoms with Crippen molar-refractivity contribution in [1.82, 2.24) is 0 Å². The van der Waals surface area contributed by atoms with E-state index in [1.807, 2.05) is 0 Å². The normalized spacial score (nSPS) is 14.0. The number of alkyl halides is 3. The summed E-state index contributed by atoms with van der Waals surface area (Å²) in [5.74, 6) is -1.90. The van der Waals surface area contributed by atoms with Gasteiger partial charge in [-0.05, 0) is 6.92 Å². The first-order chi connectivity index (χ1) is 5.37. The number of esters is 1. The summed E-state index contributed by atoms with van der Waals surface area (Å²) in [6, 6.07) is 0. The third-order valence-corrected chi connectivity index (χ3v) is 1.23. The van der Waals surface area contributed by atoms with Crippen molar-refractivity contribution in [1.29, 1.82) is 0 Å². The lowest BCUT2D eigenvalue weighted by Gasteiger charge is -2.12. The Kier molecular flexibility index (Phi) is 4.13. The number of carbonyl (C=O) groups is 1. The quantitative estimate of drug-likeness (QED) is 0.479. The molecule has 12 heavy (non-hydrogen) atoms. The standard InChI is InChI=1S/C6H10BF3O2/c1-2-12-5(11)4(7)3-6(8,9)10/h4H,2-3,7H2,1H3. The van der Waals surface area contributed by atoms with E-state index >= 15 is 0 Å². The predicted octanol–water partition coefficient (Wildman–Crippen LogP) is 0.923. The monoisotopic (exact) mass is 182 g/mol. The van der Waals surface area contributed by atoms with Crippen LogP contribution in [0, 0.1) is 0 Å². The maximum Gasteiger partial charge on any atom is 0.389 e. The number of rotatable bonds is 3. The van der Waals surface area contributed by atoms with Crippen LogP contribution in [0.4, 0.5) is 13.2 Å². The van der Waals surface area contributed by atoms with Gasteiger partial charge in [-0.15, -0.1) is 0 Å². The van der Waals surface area contributed by atoms with Crippen molar-refractivity contribution in [2.75, 3.05) is 6.61 Å². The van der Waals surface area contributed by atoms with Gasteiger partial charge in [0, 0.05) is 12.2 Å². The average Bonchev–Trinajstić information content (AvgIpc) is 1.84. The molecule has 0 rings (SSSR count). The first kappa shape index (κ1) is 11.3. The highest BCUT2D eigenvalue weighted by molar-refractivity contribution is 6.22. The maximum absolute atomic E-state index is 11.7. The SMILES string of the molecule is BC(CC(F)(F)F)C(=O)OCC. The molecule has 0 heterocycles. The summed E-state index contributed by atoms with van der Waals surface area (Å²) in [5.41, 5.74) is 0. The highest BCUT2D eigenvalue weighted by atomic mass is 19.4. The lowest BCUT2D eigenvalue weighted by Crippen LogP contribution is -2.20. The summed E-state index contributed by atoms with van der Waals surface area (Å²) < 4.78 is 39.5. The van der Waals surface area contributed by atoms with Gasteiger partial charge in [-0.1, -0.05) is 0 Å². The fraction of sp³-hybridized carbons (Fsp3) is 0.833. The van der Waals surface area contributed by atoms with Gasteiger partial charge in [0.1, 0.15) is 7.85 Å². The highest BCUT2D eigenvalue weighted by Crippen LogP contribution is 2.26. The number of hydrogen-bond donors (Lipinski definition) is 0. The molecular weight excluding hydrogens is 172 g/mol. The van der Waals surface area contributed by atoms with E-state index < -0.39 is 24.4 Å². The second-order valence-electron chi connectivity index (χ2n) is 2.47. The summed E-state index contributed by atoms with van der Waals surface area (Å²) in [4.78, 5) is 10.7. The number of ether oxygens (including phenoxy) is 1. The van der Waals surface area contributed by atoms with Crippen molar-refractivity contribution in [2.45, 2.75) is 25.3 Å². The summed E-state index contributed by atoms with van der Waals surface area (Å²) in [7, 11) is 1.20. The summed E-state index contributed by atoms with van der Waals surface area (Å²) in [6.45, 7) is 1.67. The number of carbonyl (C=O) groups excluding carboxylic acids is 1. The van der Waals surface area contributed by atoms with Crippen LogP contribution in [0.5, 0.6) is 0 Å². The van der Waals surface area contributed by atoms with Gasteiger partial charge in [-0.2, -0.15) is 13.2 Å². The summed E-state index contributed by atoms with van der Waals surface area (Å²) in [6.07, 6.45) is -5.42. The summed E-state index contributed by atoms with van der Waals surface area (Å²) in [5, 5.41) is 0. The molecule has 0 amide bonds. The molecular formula is C6H10BF3O2. The van der Waals surface area contributed by atoms with Crippen molar-refractivity contribution in [2.24, 2.45) is 0 Å². The van der Waals surface area contributed by atoms with Crippen LogP contribution < -0.4 is 0 Å². The molecule has 1 unspecified atom stereocenters. The third-order valence-electron chi connectivity index (χ3n) is 1.23. The van der Waals surface area contributed by atoms with Crippen LogP contribution in [-0.4, -0.2) is 26.6 Å². The van der Waals surface area contributed by atoms with Crippen LogP contribution in [0.15, 0.2) is 0 Å². The smallest absolute Gasteiger partial charge is 0.389 e. The number of hydrogen-bond acceptors (Lipinski definition) is 2. The molecule has 0 aromatic rings. The molecule has 0 aromatic carbocycles. The Hall–Kier alpha value is -0.675. The predicted molar refractivity (Wildman–Crippen MR) is 39.6 cm³/mol. The molecule has 0 aliphatic carbocycles. The maximum atomic E-state index is 11.7.